The predicted octanol–water partition coefficient (Wildman–Crippen LogP) is 3.69. The number of nitrogens with one attached hydrogen (secondary N) is 1. The number of allylic oxidation sites excluding steroid dienone is 5. The lowest BCUT2D eigenvalue weighted by atomic mass is 9.72. The summed E-state index contributed by atoms with van der Waals surface area (Å²) in [5.41, 5.74) is 4.40. The number of tetrazole rings is 1. The average molecular weight is 258 g/mol. The van der Waals surface area contributed by atoms with Crippen LogP contribution in [-0.4, -0.2) is 20.6 Å². The maximum atomic E-state index is 3.93. The zero-order chi connectivity index (χ0) is 13.9. The van der Waals surface area contributed by atoms with Crippen molar-refractivity contribution in [2.75, 3.05) is 0 Å². The third-order valence-corrected chi connectivity index (χ3v) is 3.77. The summed E-state index contributed by atoms with van der Waals surface area (Å²) in [4.78, 5) is 0. The molecule has 0 aliphatic heterocycles. The number of aromatic amines is 1. The molecule has 0 aromatic carbocycles. The van der Waals surface area contributed by atoms with Crippen molar-refractivity contribution in [1.29, 1.82) is 0 Å². The number of aromatic nitrogens is 4. The van der Waals surface area contributed by atoms with Gasteiger partial charge >= 0.3 is 0 Å². The van der Waals surface area contributed by atoms with Crippen LogP contribution in [0.25, 0.3) is 6.08 Å². The Hall–Kier alpha value is -1.71. The molecule has 19 heavy (non-hydrogen) atoms. The zero-order valence-corrected chi connectivity index (χ0v) is 12.2. The van der Waals surface area contributed by atoms with Gasteiger partial charge < -0.3 is 0 Å². The highest BCUT2D eigenvalue weighted by atomic mass is 15.5. The van der Waals surface area contributed by atoms with Crippen LogP contribution < -0.4 is 0 Å². The Labute approximate surface area is 114 Å². The number of H-pyrrole nitrogens is 1. The molecule has 0 spiro atoms. The van der Waals surface area contributed by atoms with Crippen LogP contribution in [0.3, 0.4) is 0 Å². The summed E-state index contributed by atoms with van der Waals surface area (Å²) in [5.74, 6) is 0.621. The van der Waals surface area contributed by atoms with Crippen LogP contribution in [0.15, 0.2) is 28.9 Å². The molecule has 2 rings (SSSR count). The van der Waals surface area contributed by atoms with Gasteiger partial charge in [0, 0.05) is 0 Å². The van der Waals surface area contributed by atoms with Gasteiger partial charge in [-0.05, 0) is 61.0 Å². The molecule has 0 unspecified atom stereocenters. The number of hydrogen-bond donors (Lipinski definition) is 1. The largest absolute Gasteiger partial charge is 0.197 e. The van der Waals surface area contributed by atoms with Gasteiger partial charge in [-0.1, -0.05) is 31.6 Å². The van der Waals surface area contributed by atoms with E-state index in [4.69, 9.17) is 0 Å². The molecule has 1 aromatic heterocycles. The fourth-order valence-corrected chi connectivity index (χ4v) is 2.71. The monoisotopic (exact) mass is 258 g/mol. The van der Waals surface area contributed by atoms with E-state index in [1.165, 1.54) is 30.4 Å². The predicted molar refractivity (Wildman–Crippen MR) is 77.3 cm³/mol. The summed E-state index contributed by atoms with van der Waals surface area (Å²) in [6, 6.07) is 0. The van der Waals surface area contributed by atoms with Crippen molar-refractivity contribution in [3.63, 3.8) is 0 Å². The molecule has 0 atom stereocenters. The van der Waals surface area contributed by atoms with Crippen LogP contribution in [0.4, 0.5) is 0 Å². The Morgan fingerprint density at radius 1 is 1.37 bits per heavy atom. The Morgan fingerprint density at radius 3 is 2.79 bits per heavy atom. The first kappa shape index (κ1) is 13.7. The van der Waals surface area contributed by atoms with E-state index >= 15 is 0 Å². The molecule has 0 bridgehead atoms. The van der Waals surface area contributed by atoms with Crippen LogP contribution in [0.2, 0.25) is 0 Å². The molecule has 1 aromatic rings. The second-order valence-corrected chi connectivity index (χ2v) is 5.92. The molecule has 4 nitrogen and oxygen atoms in total. The molecule has 1 N–H and O–H groups in total. The van der Waals surface area contributed by atoms with Crippen LogP contribution in [0.5, 0.6) is 0 Å². The van der Waals surface area contributed by atoms with Crippen LogP contribution >= 0.6 is 0 Å². The van der Waals surface area contributed by atoms with Gasteiger partial charge in [0.2, 0.25) is 0 Å². The minimum atomic E-state index is 0.283. The van der Waals surface area contributed by atoms with Crippen molar-refractivity contribution in [3.05, 3.63) is 34.7 Å². The minimum Gasteiger partial charge on any atom is -0.177 e. The van der Waals surface area contributed by atoms with E-state index < -0.39 is 0 Å². The molecule has 102 valence electrons. The average Bonchev–Trinajstić information content (AvgIpc) is 2.80. The third-order valence-electron chi connectivity index (χ3n) is 3.77. The van der Waals surface area contributed by atoms with Gasteiger partial charge in [-0.3, -0.25) is 0 Å². The zero-order valence-electron chi connectivity index (χ0n) is 12.2. The highest BCUT2D eigenvalue weighted by molar-refractivity contribution is 5.49. The smallest absolute Gasteiger partial charge is 0.177 e. The van der Waals surface area contributed by atoms with Crippen molar-refractivity contribution >= 4 is 6.08 Å². The first-order valence-corrected chi connectivity index (χ1v) is 6.79. The van der Waals surface area contributed by atoms with Crippen LogP contribution in [-0.2, 0) is 0 Å². The first-order chi connectivity index (χ1) is 8.99. The minimum absolute atomic E-state index is 0.283. The summed E-state index contributed by atoms with van der Waals surface area (Å²) in [5, 5.41) is 13.8. The molecule has 1 aliphatic rings. The molecule has 0 saturated heterocycles. The highest BCUT2D eigenvalue weighted by Crippen LogP contribution is 2.40. The standard InChI is InChI=1S/C15H22N4/c1-11(10-14-16-18-19-17-14)7-8-13-12(2)6-5-9-15(13,3)4/h7-8,10H,5-6,9H2,1-4H3,(H,16,17,18,19). The van der Waals surface area contributed by atoms with Gasteiger partial charge in [-0.25, -0.2) is 0 Å². The van der Waals surface area contributed by atoms with Crippen molar-refractivity contribution in [3.8, 4) is 0 Å². The van der Waals surface area contributed by atoms with Crippen molar-refractivity contribution < 1.29 is 0 Å². The van der Waals surface area contributed by atoms with Gasteiger partial charge in [-0.15, -0.1) is 10.2 Å². The second-order valence-electron chi connectivity index (χ2n) is 5.92. The maximum Gasteiger partial charge on any atom is 0.197 e. The van der Waals surface area contributed by atoms with Crippen LogP contribution in [0, 0.1) is 5.41 Å². The van der Waals surface area contributed by atoms with E-state index in [0.29, 0.717) is 5.82 Å². The third kappa shape index (κ3) is 3.40. The fourth-order valence-electron chi connectivity index (χ4n) is 2.71. The molecular weight excluding hydrogens is 236 g/mol. The van der Waals surface area contributed by atoms with E-state index in [1.54, 1.807) is 0 Å². The van der Waals surface area contributed by atoms with Crippen molar-refractivity contribution in [2.24, 2.45) is 5.41 Å². The van der Waals surface area contributed by atoms with E-state index in [2.05, 4.69) is 60.5 Å². The van der Waals surface area contributed by atoms with Gasteiger partial charge in [0.25, 0.3) is 0 Å². The fraction of sp³-hybridized carbons (Fsp3) is 0.533. The lowest BCUT2D eigenvalue weighted by molar-refractivity contribution is 0.377. The Morgan fingerprint density at radius 2 is 2.16 bits per heavy atom. The lowest BCUT2D eigenvalue weighted by Crippen LogP contribution is -2.19. The highest BCUT2D eigenvalue weighted by Gasteiger charge is 2.26. The second kappa shape index (κ2) is 5.51. The summed E-state index contributed by atoms with van der Waals surface area (Å²) in [6.07, 6.45) is 10.1. The molecular formula is C15H22N4. The van der Waals surface area contributed by atoms with Gasteiger partial charge in [0.1, 0.15) is 0 Å². The van der Waals surface area contributed by atoms with Crippen molar-refractivity contribution in [2.45, 2.75) is 47.0 Å². The van der Waals surface area contributed by atoms with Gasteiger partial charge in [0.15, 0.2) is 5.82 Å². The molecule has 4 heteroatoms. The summed E-state index contributed by atoms with van der Waals surface area (Å²) in [7, 11) is 0. The van der Waals surface area contributed by atoms with Crippen LogP contribution in [0.1, 0.15) is 52.8 Å². The van der Waals surface area contributed by atoms with Gasteiger partial charge in [-0.2, -0.15) is 5.21 Å². The molecule has 1 heterocycles. The van der Waals surface area contributed by atoms with Gasteiger partial charge in [0.05, 0.1) is 0 Å². The molecule has 1 aliphatic carbocycles. The van der Waals surface area contributed by atoms with E-state index in [1.807, 2.05) is 6.08 Å². The Kier molecular flexibility index (Phi) is 3.98. The quantitative estimate of drug-likeness (QED) is 0.841. The Bertz CT molecular complexity index is 518. The lowest BCUT2D eigenvalue weighted by Gasteiger charge is -2.32. The number of hydrogen-bond acceptors (Lipinski definition) is 3. The van der Waals surface area contributed by atoms with E-state index in [0.717, 1.165) is 5.57 Å². The maximum absolute atomic E-state index is 3.93. The number of nitrogens with zero attached hydrogens (tertiary/aromatic N) is 3. The molecule has 0 amide bonds. The normalized spacial score (nSPS) is 20.3. The summed E-state index contributed by atoms with van der Waals surface area (Å²) >= 11 is 0. The SMILES string of the molecule is CC(C=CC1=C(C)CCCC1(C)C)=Cc1nn[nH]n1. The van der Waals surface area contributed by atoms with E-state index in [-0.39, 0.29) is 5.41 Å². The topological polar surface area (TPSA) is 54.5 Å². The number of rotatable bonds is 3. The molecule has 0 saturated carbocycles. The summed E-state index contributed by atoms with van der Waals surface area (Å²) in [6.45, 7) is 8.96. The summed E-state index contributed by atoms with van der Waals surface area (Å²) < 4.78 is 0. The van der Waals surface area contributed by atoms with Crippen molar-refractivity contribution in [1.82, 2.24) is 20.6 Å². The molecule has 0 radical (unpaired) electrons. The first-order valence-electron chi connectivity index (χ1n) is 6.79. The van der Waals surface area contributed by atoms with E-state index in [9.17, 15) is 0 Å². The Balaban J connectivity index is 2.18. The molecule has 0 fully saturated rings.